The van der Waals surface area contributed by atoms with Crippen LogP contribution in [0.15, 0.2) is 84.3 Å². The summed E-state index contributed by atoms with van der Waals surface area (Å²) in [5.41, 5.74) is 2.35. The maximum Gasteiger partial charge on any atom is 0.170 e. The average molecular weight is 492 g/mol. The summed E-state index contributed by atoms with van der Waals surface area (Å²) in [6, 6.07) is 19.3. The summed E-state index contributed by atoms with van der Waals surface area (Å²) in [4.78, 5) is 48.9. The van der Waals surface area contributed by atoms with Crippen LogP contribution < -0.4 is 0 Å². The van der Waals surface area contributed by atoms with Gasteiger partial charge in [0.1, 0.15) is 0 Å². The van der Waals surface area contributed by atoms with Crippen molar-refractivity contribution in [2.75, 3.05) is 21.2 Å². The van der Waals surface area contributed by atoms with Crippen LogP contribution in [0.5, 0.6) is 0 Å². The third-order valence-corrected chi connectivity index (χ3v) is 5.99. The normalized spacial score (nSPS) is 19.4. The van der Waals surface area contributed by atoms with Crippen molar-refractivity contribution >= 4 is 23.1 Å². The van der Waals surface area contributed by atoms with Crippen molar-refractivity contribution < 1.29 is 29.4 Å². The van der Waals surface area contributed by atoms with Crippen LogP contribution in [0.2, 0.25) is 0 Å². The molecule has 0 bridgehead atoms. The van der Waals surface area contributed by atoms with E-state index in [1.54, 1.807) is 11.1 Å². The molecule has 0 heterocycles. The number of aliphatic hydroxyl groups excluding tert-OH is 2. The molecule has 4 rings (SSSR count). The molecule has 2 aliphatic carbocycles. The molecule has 36 heavy (non-hydrogen) atoms. The SMILES string of the molecule is CN(C)C=C1C(=O)CC(c2ccccc2)CC1=O.CO.O=C1CC(c2ccccc2)CC(=O)C1=CO. The van der Waals surface area contributed by atoms with E-state index in [4.69, 9.17) is 10.2 Å². The summed E-state index contributed by atoms with van der Waals surface area (Å²) < 4.78 is 0. The molecule has 2 fully saturated rings. The van der Waals surface area contributed by atoms with Crippen molar-refractivity contribution in [2.45, 2.75) is 37.5 Å². The number of Topliss-reactive ketones (excluding diaryl/α,β-unsaturated/α-hetero) is 4. The topological polar surface area (TPSA) is 112 Å². The molecule has 0 amide bonds. The zero-order valence-corrected chi connectivity index (χ0v) is 20.9. The highest BCUT2D eigenvalue weighted by Crippen LogP contribution is 2.32. The Kier molecular flexibility index (Phi) is 11.0. The number of hydrogen-bond acceptors (Lipinski definition) is 7. The molecule has 0 aliphatic heterocycles. The minimum Gasteiger partial charge on any atom is -0.515 e. The van der Waals surface area contributed by atoms with Gasteiger partial charge in [-0.25, -0.2) is 0 Å². The van der Waals surface area contributed by atoms with Crippen LogP contribution in [0.1, 0.15) is 48.6 Å². The van der Waals surface area contributed by atoms with Crippen molar-refractivity contribution in [1.82, 2.24) is 4.90 Å². The highest BCUT2D eigenvalue weighted by atomic mass is 16.2. The molecular formula is C29H33NO6. The number of ketones is 4. The number of rotatable bonds is 3. The number of carbonyl (C=O) groups is 4. The lowest BCUT2D eigenvalue weighted by Crippen LogP contribution is -2.26. The van der Waals surface area contributed by atoms with Gasteiger partial charge in [0, 0.05) is 53.1 Å². The quantitative estimate of drug-likeness (QED) is 0.380. The van der Waals surface area contributed by atoms with E-state index in [9.17, 15) is 19.2 Å². The van der Waals surface area contributed by atoms with Gasteiger partial charge in [0.25, 0.3) is 0 Å². The van der Waals surface area contributed by atoms with Crippen LogP contribution in [0.25, 0.3) is 0 Å². The average Bonchev–Trinajstić information content (AvgIpc) is 2.88. The Hall–Kier alpha value is -3.84. The lowest BCUT2D eigenvalue weighted by atomic mass is 9.80. The minimum atomic E-state index is -0.271. The number of allylic oxidation sites excluding steroid dienone is 2. The Labute approximate surface area is 211 Å². The second-order valence-electron chi connectivity index (χ2n) is 8.77. The van der Waals surface area contributed by atoms with E-state index >= 15 is 0 Å². The van der Waals surface area contributed by atoms with Crippen LogP contribution in [-0.4, -0.2) is 59.5 Å². The van der Waals surface area contributed by atoms with Crippen molar-refractivity contribution in [1.29, 1.82) is 0 Å². The van der Waals surface area contributed by atoms with Crippen molar-refractivity contribution in [3.05, 3.63) is 95.4 Å². The molecule has 0 unspecified atom stereocenters. The van der Waals surface area contributed by atoms with E-state index in [0.29, 0.717) is 37.5 Å². The summed E-state index contributed by atoms with van der Waals surface area (Å²) in [6.45, 7) is 0. The van der Waals surface area contributed by atoms with Gasteiger partial charge in [-0.15, -0.1) is 0 Å². The molecule has 0 spiro atoms. The number of aliphatic hydroxyl groups is 2. The van der Waals surface area contributed by atoms with Crippen LogP contribution in [0.4, 0.5) is 0 Å². The van der Waals surface area contributed by atoms with Crippen LogP contribution in [0, 0.1) is 0 Å². The molecule has 0 aromatic heterocycles. The Morgan fingerprint density at radius 3 is 1.28 bits per heavy atom. The number of carbonyl (C=O) groups excluding carboxylic acids is 4. The summed E-state index contributed by atoms with van der Waals surface area (Å²) in [5, 5.41) is 15.8. The van der Waals surface area contributed by atoms with Crippen LogP contribution in [0.3, 0.4) is 0 Å². The lowest BCUT2D eigenvalue weighted by molar-refractivity contribution is -0.126. The fourth-order valence-corrected chi connectivity index (χ4v) is 4.26. The van der Waals surface area contributed by atoms with Gasteiger partial charge in [0.15, 0.2) is 23.1 Å². The van der Waals surface area contributed by atoms with E-state index in [2.05, 4.69) is 0 Å². The lowest BCUT2D eigenvalue weighted by Gasteiger charge is -2.23. The Balaban J connectivity index is 0.000000239. The van der Waals surface area contributed by atoms with Gasteiger partial charge in [-0.1, -0.05) is 60.7 Å². The van der Waals surface area contributed by atoms with Gasteiger partial charge in [0.05, 0.1) is 17.4 Å². The van der Waals surface area contributed by atoms with Crippen molar-refractivity contribution in [3.63, 3.8) is 0 Å². The highest BCUT2D eigenvalue weighted by Gasteiger charge is 2.32. The van der Waals surface area contributed by atoms with Crippen molar-refractivity contribution in [2.24, 2.45) is 0 Å². The predicted octanol–water partition coefficient (Wildman–Crippen LogP) is 3.90. The molecule has 7 heteroatoms. The van der Waals surface area contributed by atoms with Gasteiger partial charge >= 0.3 is 0 Å². The highest BCUT2D eigenvalue weighted by molar-refractivity contribution is 6.22. The molecule has 190 valence electrons. The summed E-state index contributed by atoms with van der Waals surface area (Å²) in [7, 11) is 4.63. The Morgan fingerprint density at radius 1 is 0.639 bits per heavy atom. The minimum absolute atomic E-state index is 0.0329. The first-order chi connectivity index (χ1) is 17.3. The molecule has 2 aromatic carbocycles. The predicted molar refractivity (Wildman–Crippen MR) is 137 cm³/mol. The largest absolute Gasteiger partial charge is 0.515 e. The number of benzene rings is 2. The van der Waals surface area contributed by atoms with E-state index in [1.807, 2.05) is 74.8 Å². The fourth-order valence-electron chi connectivity index (χ4n) is 4.26. The van der Waals surface area contributed by atoms with Gasteiger partial charge in [-0.2, -0.15) is 0 Å². The van der Waals surface area contributed by atoms with E-state index < -0.39 is 0 Å². The third-order valence-electron chi connectivity index (χ3n) is 5.99. The van der Waals surface area contributed by atoms with E-state index in [-0.39, 0.29) is 40.5 Å². The van der Waals surface area contributed by atoms with Crippen molar-refractivity contribution in [3.8, 4) is 0 Å². The maximum atomic E-state index is 12.0. The molecule has 2 aromatic rings. The Morgan fingerprint density at radius 2 is 0.972 bits per heavy atom. The molecule has 2 N–H and O–H groups in total. The monoisotopic (exact) mass is 491 g/mol. The third kappa shape index (κ3) is 7.58. The van der Waals surface area contributed by atoms with E-state index in [1.165, 1.54) is 0 Å². The zero-order chi connectivity index (χ0) is 26.7. The van der Waals surface area contributed by atoms with Gasteiger partial charge < -0.3 is 15.1 Å². The maximum absolute atomic E-state index is 12.0. The first-order valence-corrected chi connectivity index (χ1v) is 11.7. The smallest absolute Gasteiger partial charge is 0.170 e. The van der Waals surface area contributed by atoms with Gasteiger partial charge in [-0.3, -0.25) is 19.2 Å². The summed E-state index contributed by atoms with van der Waals surface area (Å²) >= 11 is 0. The van der Waals surface area contributed by atoms with Crippen LogP contribution >= 0.6 is 0 Å². The summed E-state index contributed by atoms with van der Waals surface area (Å²) in [6.07, 6.45) is 3.70. The molecule has 2 aliphatic rings. The van der Waals surface area contributed by atoms with E-state index in [0.717, 1.165) is 18.2 Å². The first kappa shape index (κ1) is 28.4. The first-order valence-electron chi connectivity index (χ1n) is 11.7. The van der Waals surface area contributed by atoms with Gasteiger partial charge in [0.2, 0.25) is 0 Å². The molecule has 0 atom stereocenters. The summed E-state index contributed by atoms with van der Waals surface area (Å²) in [5.74, 6) is -0.654. The Bertz CT molecular complexity index is 1080. The second-order valence-corrected chi connectivity index (χ2v) is 8.77. The second kappa shape index (κ2) is 13.9. The molecule has 7 nitrogen and oxygen atoms in total. The van der Waals surface area contributed by atoms with Gasteiger partial charge in [-0.05, 0) is 23.0 Å². The molecular weight excluding hydrogens is 458 g/mol. The number of hydrogen-bond donors (Lipinski definition) is 2. The fraction of sp³-hybridized carbons (Fsp3) is 0.310. The standard InChI is InChI=1S/C15H17NO2.C13H12O3.CH4O/c1-16(2)10-13-14(17)8-12(9-15(13)18)11-6-4-3-5-7-11;14-8-11-12(15)6-10(7-13(11)16)9-4-2-1-3-5-9;1-2/h3-7,10,12H,8-9H2,1-2H3;1-5,8,10,14H,6-7H2;2H,1H3. The molecule has 0 saturated heterocycles. The molecule has 2 saturated carbocycles. The number of nitrogens with zero attached hydrogens (tertiary/aromatic N) is 1. The molecule has 0 radical (unpaired) electrons. The zero-order valence-electron chi connectivity index (χ0n) is 20.9. The van der Waals surface area contributed by atoms with Crippen LogP contribution in [-0.2, 0) is 19.2 Å².